The van der Waals surface area contributed by atoms with Gasteiger partial charge in [0.1, 0.15) is 0 Å². The van der Waals surface area contributed by atoms with Crippen LogP contribution in [0, 0.1) is 0 Å². The third-order valence-electron chi connectivity index (χ3n) is 2.35. The normalized spacial score (nSPS) is 11.0. The number of nitrogens with zero attached hydrogens (tertiary/aromatic N) is 2. The molecule has 6 nitrogen and oxygen atoms in total. The van der Waals surface area contributed by atoms with Crippen molar-refractivity contribution < 1.29 is 0 Å². The second-order valence-electron chi connectivity index (χ2n) is 3.35. The minimum atomic E-state index is -0.546. The number of hydrogen-bond donors (Lipinski definition) is 2. The van der Waals surface area contributed by atoms with E-state index in [0.29, 0.717) is 16.4 Å². The fourth-order valence-corrected chi connectivity index (χ4v) is 1.65. The topological polar surface area (TPSA) is 91.5 Å². The number of benzene rings is 1. The van der Waals surface area contributed by atoms with Crippen LogP contribution in [-0.4, -0.2) is 20.2 Å². The molecule has 0 aliphatic carbocycles. The molecule has 78 valence electrons. The second kappa shape index (κ2) is 2.99. The van der Waals surface area contributed by atoms with Gasteiger partial charge in [-0.25, -0.2) is 4.79 Å². The Morgan fingerprint density at radius 1 is 1.00 bits per heavy atom. The van der Waals surface area contributed by atoms with Crippen molar-refractivity contribution in [3.63, 3.8) is 0 Å². The summed E-state index contributed by atoms with van der Waals surface area (Å²) < 4.78 is 0. The average molecular weight is 214 g/mol. The summed E-state index contributed by atoms with van der Waals surface area (Å²) in [4.78, 5) is 27.3. The van der Waals surface area contributed by atoms with Crippen LogP contribution < -0.4 is 11.2 Å². The predicted molar refractivity (Wildman–Crippen MR) is 58.3 cm³/mol. The maximum absolute atomic E-state index is 11.5. The van der Waals surface area contributed by atoms with Crippen LogP contribution in [0.1, 0.15) is 0 Å². The number of aromatic nitrogens is 4. The van der Waals surface area contributed by atoms with E-state index in [9.17, 15) is 9.59 Å². The molecule has 0 aliphatic rings. The Bertz CT molecular complexity index is 803. The first kappa shape index (κ1) is 8.78. The van der Waals surface area contributed by atoms with Crippen LogP contribution in [-0.2, 0) is 0 Å². The van der Waals surface area contributed by atoms with Gasteiger partial charge in [0, 0.05) is 5.39 Å². The SMILES string of the molecule is O=c1[nH]c(=O)c2nnc3ccccc3c2[nH]1. The summed E-state index contributed by atoms with van der Waals surface area (Å²) in [7, 11) is 0. The van der Waals surface area contributed by atoms with Gasteiger partial charge in [-0.05, 0) is 6.07 Å². The zero-order valence-corrected chi connectivity index (χ0v) is 8.02. The van der Waals surface area contributed by atoms with E-state index in [1.54, 1.807) is 12.1 Å². The Kier molecular flexibility index (Phi) is 1.64. The summed E-state index contributed by atoms with van der Waals surface area (Å²) in [5.41, 5.74) is 0.113. The minimum absolute atomic E-state index is 0.137. The lowest BCUT2D eigenvalue weighted by Gasteiger charge is -1.99. The van der Waals surface area contributed by atoms with Gasteiger partial charge < -0.3 is 4.98 Å². The van der Waals surface area contributed by atoms with Gasteiger partial charge in [-0.3, -0.25) is 9.78 Å². The summed E-state index contributed by atoms with van der Waals surface area (Å²) in [5, 5.41) is 8.40. The fraction of sp³-hybridized carbons (Fsp3) is 0. The molecule has 16 heavy (non-hydrogen) atoms. The third kappa shape index (κ3) is 1.13. The quantitative estimate of drug-likeness (QED) is 0.521. The van der Waals surface area contributed by atoms with Crippen LogP contribution in [0.25, 0.3) is 21.9 Å². The summed E-state index contributed by atoms with van der Waals surface area (Å²) in [6, 6.07) is 7.17. The van der Waals surface area contributed by atoms with E-state index in [4.69, 9.17) is 0 Å². The van der Waals surface area contributed by atoms with Crippen LogP contribution in [0.3, 0.4) is 0 Å². The van der Waals surface area contributed by atoms with Crippen LogP contribution in [0.2, 0.25) is 0 Å². The molecule has 0 amide bonds. The zero-order valence-electron chi connectivity index (χ0n) is 8.02. The number of fused-ring (bicyclic) bond motifs is 3. The number of aromatic amines is 2. The lowest BCUT2D eigenvalue weighted by molar-refractivity contribution is 1.03. The first-order valence-electron chi connectivity index (χ1n) is 4.63. The molecule has 3 rings (SSSR count). The highest BCUT2D eigenvalue weighted by atomic mass is 16.2. The van der Waals surface area contributed by atoms with E-state index >= 15 is 0 Å². The Hall–Kier alpha value is -2.50. The molecule has 0 radical (unpaired) electrons. The fourth-order valence-electron chi connectivity index (χ4n) is 1.65. The lowest BCUT2D eigenvalue weighted by Crippen LogP contribution is -2.23. The van der Waals surface area contributed by atoms with Gasteiger partial charge in [-0.1, -0.05) is 18.2 Å². The molecule has 0 bridgehead atoms. The van der Waals surface area contributed by atoms with Crippen LogP contribution in [0.15, 0.2) is 33.9 Å². The van der Waals surface area contributed by atoms with Crippen molar-refractivity contribution in [2.24, 2.45) is 0 Å². The molecular weight excluding hydrogens is 208 g/mol. The number of hydrogen-bond acceptors (Lipinski definition) is 4. The van der Waals surface area contributed by atoms with E-state index in [1.165, 1.54) is 0 Å². The number of H-pyrrole nitrogens is 2. The highest BCUT2D eigenvalue weighted by Gasteiger charge is 2.06. The molecule has 0 saturated carbocycles. The molecule has 3 aromatic rings. The Morgan fingerprint density at radius 2 is 1.81 bits per heavy atom. The van der Waals surface area contributed by atoms with E-state index in [-0.39, 0.29) is 5.52 Å². The van der Waals surface area contributed by atoms with Gasteiger partial charge in [0.15, 0.2) is 5.52 Å². The highest BCUT2D eigenvalue weighted by molar-refractivity contribution is 6.00. The van der Waals surface area contributed by atoms with Crippen molar-refractivity contribution in [3.8, 4) is 0 Å². The molecule has 0 atom stereocenters. The molecule has 0 unspecified atom stereocenters. The molecule has 2 N–H and O–H groups in total. The Morgan fingerprint density at radius 3 is 2.69 bits per heavy atom. The van der Waals surface area contributed by atoms with Crippen molar-refractivity contribution in [1.29, 1.82) is 0 Å². The van der Waals surface area contributed by atoms with Crippen molar-refractivity contribution in [2.75, 3.05) is 0 Å². The van der Waals surface area contributed by atoms with E-state index < -0.39 is 11.2 Å². The molecule has 6 heteroatoms. The van der Waals surface area contributed by atoms with Crippen LogP contribution >= 0.6 is 0 Å². The first-order chi connectivity index (χ1) is 7.75. The van der Waals surface area contributed by atoms with Crippen LogP contribution in [0.4, 0.5) is 0 Å². The summed E-state index contributed by atoms with van der Waals surface area (Å²) in [5.74, 6) is 0. The van der Waals surface area contributed by atoms with Gasteiger partial charge in [0.05, 0.1) is 11.0 Å². The predicted octanol–water partition coefficient (Wildman–Crippen LogP) is 0.160. The van der Waals surface area contributed by atoms with E-state index in [2.05, 4.69) is 20.2 Å². The van der Waals surface area contributed by atoms with Gasteiger partial charge >= 0.3 is 5.69 Å². The number of nitrogens with one attached hydrogen (secondary N) is 2. The average Bonchev–Trinajstić information content (AvgIpc) is 2.28. The molecule has 2 aromatic heterocycles. The maximum Gasteiger partial charge on any atom is 0.326 e. The summed E-state index contributed by atoms with van der Waals surface area (Å²) in [6.45, 7) is 0. The van der Waals surface area contributed by atoms with E-state index in [0.717, 1.165) is 0 Å². The monoisotopic (exact) mass is 214 g/mol. The first-order valence-corrected chi connectivity index (χ1v) is 4.63. The molecule has 2 heterocycles. The van der Waals surface area contributed by atoms with Crippen molar-refractivity contribution in [1.82, 2.24) is 20.2 Å². The Balaban J connectivity index is 2.70. The van der Waals surface area contributed by atoms with Crippen molar-refractivity contribution in [3.05, 3.63) is 45.1 Å². The van der Waals surface area contributed by atoms with Gasteiger partial charge in [-0.15, -0.1) is 10.2 Å². The molecule has 0 fully saturated rings. The number of rotatable bonds is 0. The summed E-state index contributed by atoms with van der Waals surface area (Å²) in [6.07, 6.45) is 0. The molecule has 0 spiro atoms. The van der Waals surface area contributed by atoms with Gasteiger partial charge in [0.25, 0.3) is 5.56 Å². The molecule has 0 saturated heterocycles. The summed E-state index contributed by atoms with van der Waals surface area (Å²) >= 11 is 0. The molecule has 1 aromatic carbocycles. The van der Waals surface area contributed by atoms with Crippen molar-refractivity contribution in [2.45, 2.75) is 0 Å². The molecular formula is C10H6N4O2. The van der Waals surface area contributed by atoms with Gasteiger partial charge in [-0.2, -0.15) is 0 Å². The van der Waals surface area contributed by atoms with E-state index in [1.807, 2.05) is 12.1 Å². The second-order valence-corrected chi connectivity index (χ2v) is 3.35. The largest absolute Gasteiger partial charge is 0.326 e. The smallest absolute Gasteiger partial charge is 0.305 e. The van der Waals surface area contributed by atoms with Crippen molar-refractivity contribution >= 4 is 21.9 Å². The lowest BCUT2D eigenvalue weighted by atomic mass is 10.2. The minimum Gasteiger partial charge on any atom is -0.305 e. The zero-order chi connectivity index (χ0) is 11.1. The van der Waals surface area contributed by atoms with Crippen LogP contribution in [0.5, 0.6) is 0 Å². The Labute approximate surface area is 88.0 Å². The maximum atomic E-state index is 11.5. The molecule has 0 aliphatic heterocycles. The highest BCUT2D eigenvalue weighted by Crippen LogP contribution is 2.15. The standard InChI is InChI=1S/C10H6N4O2/c15-9-8-7(11-10(16)12-9)5-3-1-2-4-6(5)13-14-8/h1-4H,(H2,11,12,15,16). The van der Waals surface area contributed by atoms with Gasteiger partial charge in [0.2, 0.25) is 0 Å². The third-order valence-corrected chi connectivity index (χ3v) is 2.35.